The van der Waals surface area contributed by atoms with Crippen molar-refractivity contribution in [3.8, 4) is 11.3 Å². The first kappa shape index (κ1) is 17.9. The SMILES string of the molecule is COC(=O)c1c(-c2ccccc2)noc1/C=C/Nc1ccc(C(=O)[O-])cc1. The van der Waals surface area contributed by atoms with Crippen molar-refractivity contribution in [3.63, 3.8) is 0 Å². The quantitative estimate of drug-likeness (QED) is 0.671. The van der Waals surface area contributed by atoms with Crippen LogP contribution in [0.5, 0.6) is 0 Å². The minimum Gasteiger partial charge on any atom is -0.545 e. The summed E-state index contributed by atoms with van der Waals surface area (Å²) in [6.07, 6.45) is 3.09. The Morgan fingerprint density at radius 3 is 2.44 bits per heavy atom. The molecule has 7 nitrogen and oxygen atoms in total. The van der Waals surface area contributed by atoms with E-state index in [1.807, 2.05) is 30.3 Å². The van der Waals surface area contributed by atoms with Crippen molar-refractivity contribution < 1.29 is 24.0 Å². The summed E-state index contributed by atoms with van der Waals surface area (Å²) in [6.45, 7) is 0. The van der Waals surface area contributed by atoms with Crippen LogP contribution in [0.4, 0.5) is 5.69 Å². The predicted molar refractivity (Wildman–Crippen MR) is 96.7 cm³/mol. The largest absolute Gasteiger partial charge is 0.545 e. The van der Waals surface area contributed by atoms with E-state index in [1.54, 1.807) is 24.4 Å². The van der Waals surface area contributed by atoms with Gasteiger partial charge in [0, 0.05) is 23.5 Å². The molecule has 0 atom stereocenters. The maximum absolute atomic E-state index is 12.2. The van der Waals surface area contributed by atoms with E-state index in [4.69, 9.17) is 9.26 Å². The third-order valence-corrected chi connectivity index (χ3v) is 3.76. The van der Waals surface area contributed by atoms with Crippen LogP contribution in [-0.2, 0) is 4.74 Å². The Bertz CT molecular complexity index is 975. The predicted octanol–water partition coefficient (Wildman–Crippen LogP) is 2.57. The van der Waals surface area contributed by atoms with E-state index >= 15 is 0 Å². The van der Waals surface area contributed by atoms with Gasteiger partial charge in [-0.2, -0.15) is 0 Å². The van der Waals surface area contributed by atoms with Crippen molar-refractivity contribution in [2.24, 2.45) is 0 Å². The number of esters is 1. The number of aromatic carboxylic acids is 1. The standard InChI is InChI=1S/C20H16N2O5/c1-26-20(25)17-16(27-22-18(17)13-5-3-2-4-6-13)11-12-21-15-9-7-14(8-10-15)19(23)24/h2-12,21H,1H3,(H,23,24)/p-1/b12-11+. The van der Waals surface area contributed by atoms with Crippen LogP contribution in [0.2, 0.25) is 0 Å². The van der Waals surface area contributed by atoms with E-state index in [9.17, 15) is 14.7 Å². The van der Waals surface area contributed by atoms with Crippen molar-refractivity contribution in [2.45, 2.75) is 0 Å². The van der Waals surface area contributed by atoms with Gasteiger partial charge in [-0.05, 0) is 17.7 Å². The lowest BCUT2D eigenvalue weighted by Crippen LogP contribution is -2.21. The van der Waals surface area contributed by atoms with Crippen LogP contribution in [0.1, 0.15) is 26.5 Å². The maximum Gasteiger partial charge on any atom is 0.344 e. The van der Waals surface area contributed by atoms with Gasteiger partial charge in [0.15, 0.2) is 5.76 Å². The van der Waals surface area contributed by atoms with Crippen LogP contribution in [0, 0.1) is 0 Å². The monoisotopic (exact) mass is 363 g/mol. The summed E-state index contributed by atoms with van der Waals surface area (Å²) in [6, 6.07) is 15.2. The lowest BCUT2D eigenvalue weighted by atomic mass is 10.1. The molecule has 0 saturated heterocycles. The molecule has 27 heavy (non-hydrogen) atoms. The molecule has 3 rings (SSSR count). The first-order chi connectivity index (χ1) is 13.1. The van der Waals surface area contributed by atoms with E-state index < -0.39 is 11.9 Å². The number of ether oxygens (including phenoxy) is 1. The smallest absolute Gasteiger partial charge is 0.344 e. The van der Waals surface area contributed by atoms with Crippen LogP contribution in [0.25, 0.3) is 17.3 Å². The summed E-state index contributed by atoms with van der Waals surface area (Å²) in [4.78, 5) is 22.9. The van der Waals surface area contributed by atoms with Gasteiger partial charge in [0.1, 0.15) is 11.3 Å². The van der Waals surface area contributed by atoms with Crippen LogP contribution >= 0.6 is 0 Å². The third-order valence-electron chi connectivity index (χ3n) is 3.76. The number of hydrogen-bond donors (Lipinski definition) is 1. The van der Waals surface area contributed by atoms with Crippen LogP contribution in [0.3, 0.4) is 0 Å². The molecule has 2 aromatic carbocycles. The number of methoxy groups -OCH3 is 1. The number of nitrogens with one attached hydrogen (secondary N) is 1. The fourth-order valence-corrected chi connectivity index (χ4v) is 2.43. The Morgan fingerprint density at radius 1 is 1.11 bits per heavy atom. The highest BCUT2D eigenvalue weighted by Gasteiger charge is 2.23. The minimum atomic E-state index is -1.24. The highest BCUT2D eigenvalue weighted by molar-refractivity contribution is 5.99. The average molecular weight is 363 g/mol. The second-order valence-electron chi connectivity index (χ2n) is 5.47. The molecule has 1 aromatic heterocycles. The molecular formula is C20H15N2O5-. The Morgan fingerprint density at radius 2 is 1.81 bits per heavy atom. The van der Waals surface area contributed by atoms with Gasteiger partial charge in [-0.25, -0.2) is 4.79 Å². The number of carboxylic acid groups (broad SMARTS) is 1. The highest BCUT2D eigenvalue weighted by atomic mass is 16.5. The maximum atomic E-state index is 12.2. The number of carboxylic acids is 1. The zero-order valence-electron chi connectivity index (χ0n) is 14.3. The van der Waals surface area contributed by atoms with Crippen molar-refractivity contribution in [1.82, 2.24) is 5.16 Å². The highest BCUT2D eigenvalue weighted by Crippen LogP contribution is 2.27. The summed E-state index contributed by atoms with van der Waals surface area (Å²) in [7, 11) is 1.29. The fraction of sp³-hybridized carbons (Fsp3) is 0.0500. The van der Waals surface area contributed by atoms with Gasteiger partial charge in [-0.15, -0.1) is 0 Å². The van der Waals surface area contributed by atoms with Crippen LogP contribution in [-0.4, -0.2) is 24.2 Å². The number of nitrogens with zero attached hydrogens (tertiary/aromatic N) is 1. The number of benzene rings is 2. The molecule has 0 bridgehead atoms. The molecule has 0 aliphatic heterocycles. The average Bonchev–Trinajstić information content (AvgIpc) is 3.12. The Balaban J connectivity index is 1.84. The summed E-state index contributed by atoms with van der Waals surface area (Å²) < 4.78 is 10.1. The summed E-state index contributed by atoms with van der Waals surface area (Å²) in [5.41, 5.74) is 2.07. The topological polar surface area (TPSA) is 104 Å². The molecule has 0 saturated carbocycles. The fourth-order valence-electron chi connectivity index (χ4n) is 2.43. The van der Waals surface area contributed by atoms with Crippen molar-refractivity contribution in [1.29, 1.82) is 0 Å². The second kappa shape index (κ2) is 8.01. The van der Waals surface area contributed by atoms with Crippen molar-refractivity contribution >= 4 is 23.7 Å². The molecule has 7 heteroatoms. The van der Waals surface area contributed by atoms with Crippen LogP contribution in [0.15, 0.2) is 65.3 Å². The van der Waals surface area contributed by atoms with Gasteiger partial charge in [0.05, 0.1) is 13.1 Å². The molecule has 0 radical (unpaired) electrons. The molecule has 0 unspecified atom stereocenters. The molecule has 3 aromatic rings. The molecule has 0 amide bonds. The molecule has 1 N–H and O–H groups in total. The number of hydrogen-bond acceptors (Lipinski definition) is 7. The Hall–Kier alpha value is -3.87. The van der Waals surface area contributed by atoms with Crippen molar-refractivity contribution in [2.75, 3.05) is 12.4 Å². The van der Waals surface area contributed by atoms with E-state index in [0.29, 0.717) is 11.4 Å². The normalized spacial score (nSPS) is 10.7. The van der Waals surface area contributed by atoms with Gasteiger partial charge >= 0.3 is 5.97 Å². The lowest BCUT2D eigenvalue weighted by molar-refractivity contribution is -0.255. The molecule has 0 spiro atoms. The Kier molecular flexibility index (Phi) is 5.32. The number of carbonyl (C=O) groups excluding carboxylic acids is 2. The first-order valence-corrected chi connectivity index (χ1v) is 7.98. The minimum absolute atomic E-state index is 0.0836. The molecule has 0 fully saturated rings. The van der Waals surface area contributed by atoms with Crippen LogP contribution < -0.4 is 10.4 Å². The number of carbonyl (C=O) groups is 2. The first-order valence-electron chi connectivity index (χ1n) is 7.98. The number of aromatic nitrogens is 1. The molecular weight excluding hydrogens is 348 g/mol. The van der Waals surface area contributed by atoms with Gasteiger partial charge in [0.25, 0.3) is 0 Å². The van der Waals surface area contributed by atoms with Gasteiger partial charge in [-0.1, -0.05) is 47.6 Å². The molecule has 136 valence electrons. The van der Waals surface area contributed by atoms with Gasteiger partial charge < -0.3 is 24.5 Å². The summed E-state index contributed by atoms with van der Waals surface area (Å²) >= 11 is 0. The molecule has 0 aliphatic carbocycles. The Labute approximate surface area is 154 Å². The molecule has 1 heterocycles. The van der Waals surface area contributed by atoms with E-state index in [1.165, 1.54) is 19.2 Å². The van der Waals surface area contributed by atoms with Gasteiger partial charge in [-0.3, -0.25) is 0 Å². The number of anilines is 1. The lowest BCUT2D eigenvalue weighted by Gasteiger charge is -2.04. The summed E-state index contributed by atoms with van der Waals surface area (Å²) in [5.74, 6) is -1.57. The number of rotatable bonds is 6. The van der Waals surface area contributed by atoms with E-state index in [0.717, 1.165) is 5.56 Å². The third kappa shape index (κ3) is 4.04. The van der Waals surface area contributed by atoms with Crippen molar-refractivity contribution in [3.05, 3.63) is 77.7 Å². The zero-order chi connectivity index (χ0) is 19.2. The zero-order valence-corrected chi connectivity index (χ0v) is 14.3. The van der Waals surface area contributed by atoms with E-state index in [-0.39, 0.29) is 16.9 Å². The van der Waals surface area contributed by atoms with Gasteiger partial charge in [0.2, 0.25) is 0 Å². The summed E-state index contributed by atoms with van der Waals surface area (Å²) in [5, 5.41) is 17.7. The molecule has 0 aliphatic rings. The second-order valence-corrected chi connectivity index (χ2v) is 5.47. The van der Waals surface area contributed by atoms with E-state index in [2.05, 4.69) is 10.5 Å².